The topological polar surface area (TPSA) is 67.2 Å². The van der Waals surface area contributed by atoms with Gasteiger partial charge in [-0.3, -0.25) is 5.32 Å². The standard InChI is InChI=1S/C12H11BrFN3O2/c1-7-4-11(17-19-7)16-12(18)15-6-8-5-9(13)2-3-10(8)14/h2-5H,6H2,1H3,(H2,15,16,17,18). The summed E-state index contributed by atoms with van der Waals surface area (Å²) in [6.07, 6.45) is 0. The summed E-state index contributed by atoms with van der Waals surface area (Å²) < 4.78 is 19.0. The third-order valence-electron chi connectivity index (χ3n) is 2.32. The van der Waals surface area contributed by atoms with Crippen molar-refractivity contribution in [3.05, 3.63) is 45.9 Å². The number of nitrogens with zero attached hydrogens (tertiary/aromatic N) is 1. The van der Waals surface area contributed by atoms with Crippen molar-refractivity contribution in [2.75, 3.05) is 5.32 Å². The lowest BCUT2D eigenvalue weighted by Gasteiger charge is -2.06. The van der Waals surface area contributed by atoms with Crippen LogP contribution in [0.2, 0.25) is 0 Å². The fourth-order valence-electron chi connectivity index (χ4n) is 1.44. The molecular formula is C12H11BrFN3O2. The van der Waals surface area contributed by atoms with Crippen molar-refractivity contribution in [1.82, 2.24) is 10.5 Å². The molecule has 0 spiro atoms. The first-order valence-electron chi connectivity index (χ1n) is 5.46. The first-order valence-corrected chi connectivity index (χ1v) is 6.26. The number of benzene rings is 1. The Morgan fingerprint density at radius 1 is 1.47 bits per heavy atom. The number of carbonyl (C=O) groups is 1. The van der Waals surface area contributed by atoms with Gasteiger partial charge in [0, 0.05) is 22.6 Å². The molecule has 19 heavy (non-hydrogen) atoms. The smallest absolute Gasteiger partial charge is 0.320 e. The molecule has 2 amide bonds. The summed E-state index contributed by atoms with van der Waals surface area (Å²) in [6, 6.07) is 5.64. The minimum Gasteiger partial charge on any atom is -0.360 e. The van der Waals surface area contributed by atoms with Crippen molar-refractivity contribution in [2.45, 2.75) is 13.5 Å². The average molecular weight is 328 g/mol. The number of anilines is 1. The predicted molar refractivity (Wildman–Crippen MR) is 71.2 cm³/mol. The Morgan fingerprint density at radius 2 is 2.26 bits per heavy atom. The van der Waals surface area contributed by atoms with Crippen molar-refractivity contribution in [3.63, 3.8) is 0 Å². The Hall–Kier alpha value is -1.89. The van der Waals surface area contributed by atoms with Gasteiger partial charge in [0.2, 0.25) is 0 Å². The van der Waals surface area contributed by atoms with E-state index >= 15 is 0 Å². The Morgan fingerprint density at radius 3 is 2.95 bits per heavy atom. The molecule has 0 radical (unpaired) electrons. The van der Waals surface area contributed by atoms with Crippen LogP contribution in [0.1, 0.15) is 11.3 Å². The van der Waals surface area contributed by atoms with Crippen molar-refractivity contribution in [2.24, 2.45) is 0 Å². The van der Waals surface area contributed by atoms with E-state index in [0.717, 1.165) is 4.47 Å². The zero-order chi connectivity index (χ0) is 13.8. The number of hydrogen-bond donors (Lipinski definition) is 2. The van der Waals surface area contributed by atoms with Gasteiger partial charge in [-0.1, -0.05) is 21.1 Å². The highest BCUT2D eigenvalue weighted by Gasteiger charge is 2.07. The van der Waals surface area contributed by atoms with E-state index in [1.807, 2.05) is 0 Å². The second kappa shape index (κ2) is 5.83. The molecule has 0 fully saturated rings. The summed E-state index contributed by atoms with van der Waals surface area (Å²) in [5.74, 6) is 0.527. The monoisotopic (exact) mass is 327 g/mol. The van der Waals surface area contributed by atoms with Gasteiger partial charge in [-0.15, -0.1) is 0 Å². The molecule has 2 aromatic rings. The molecule has 0 unspecified atom stereocenters. The molecule has 2 N–H and O–H groups in total. The lowest BCUT2D eigenvalue weighted by Crippen LogP contribution is -2.28. The molecule has 0 aliphatic carbocycles. The lowest BCUT2D eigenvalue weighted by molar-refractivity contribution is 0.251. The molecule has 7 heteroatoms. The number of rotatable bonds is 3. The second-order valence-electron chi connectivity index (χ2n) is 3.87. The maximum absolute atomic E-state index is 13.4. The van der Waals surface area contributed by atoms with Crippen molar-refractivity contribution >= 4 is 27.8 Å². The van der Waals surface area contributed by atoms with Crippen LogP contribution in [0.4, 0.5) is 15.0 Å². The molecule has 1 aromatic heterocycles. The predicted octanol–water partition coefficient (Wildman–Crippen LogP) is 3.21. The quantitative estimate of drug-likeness (QED) is 0.909. The maximum atomic E-state index is 13.4. The van der Waals surface area contributed by atoms with Gasteiger partial charge in [0.1, 0.15) is 11.6 Å². The lowest BCUT2D eigenvalue weighted by atomic mass is 10.2. The number of aryl methyl sites for hydroxylation is 1. The van der Waals surface area contributed by atoms with Gasteiger partial charge in [0.25, 0.3) is 0 Å². The van der Waals surface area contributed by atoms with E-state index < -0.39 is 6.03 Å². The van der Waals surface area contributed by atoms with Crippen molar-refractivity contribution in [1.29, 1.82) is 0 Å². The van der Waals surface area contributed by atoms with E-state index in [1.54, 1.807) is 25.1 Å². The number of amides is 2. The molecule has 1 aromatic carbocycles. The van der Waals surface area contributed by atoms with E-state index in [4.69, 9.17) is 4.52 Å². The SMILES string of the molecule is Cc1cc(NC(=O)NCc2cc(Br)ccc2F)no1. The van der Waals surface area contributed by atoms with Crippen molar-refractivity contribution < 1.29 is 13.7 Å². The number of nitrogens with one attached hydrogen (secondary N) is 2. The van der Waals surface area contributed by atoms with Crippen LogP contribution in [0.25, 0.3) is 0 Å². The number of carbonyl (C=O) groups excluding carboxylic acids is 1. The summed E-state index contributed by atoms with van der Waals surface area (Å²) in [6.45, 7) is 1.79. The highest BCUT2D eigenvalue weighted by Crippen LogP contribution is 2.15. The fourth-order valence-corrected chi connectivity index (χ4v) is 1.85. The van der Waals surface area contributed by atoms with E-state index in [1.165, 1.54) is 6.07 Å². The van der Waals surface area contributed by atoms with Gasteiger partial charge < -0.3 is 9.84 Å². The van der Waals surface area contributed by atoms with Crippen molar-refractivity contribution in [3.8, 4) is 0 Å². The summed E-state index contributed by atoms with van der Waals surface area (Å²) in [5.41, 5.74) is 0.390. The van der Waals surface area contributed by atoms with E-state index in [9.17, 15) is 9.18 Å². The van der Waals surface area contributed by atoms with E-state index in [0.29, 0.717) is 17.1 Å². The summed E-state index contributed by atoms with van der Waals surface area (Å²) in [4.78, 5) is 11.6. The highest BCUT2D eigenvalue weighted by atomic mass is 79.9. The zero-order valence-corrected chi connectivity index (χ0v) is 11.6. The van der Waals surface area contributed by atoms with E-state index in [2.05, 4.69) is 31.7 Å². The first-order chi connectivity index (χ1) is 9.04. The molecule has 2 rings (SSSR count). The van der Waals surface area contributed by atoms with E-state index in [-0.39, 0.29) is 12.4 Å². The maximum Gasteiger partial charge on any atom is 0.320 e. The third kappa shape index (κ3) is 3.78. The molecule has 0 saturated carbocycles. The van der Waals surface area contributed by atoms with Crippen LogP contribution < -0.4 is 10.6 Å². The largest absolute Gasteiger partial charge is 0.360 e. The average Bonchev–Trinajstić information content (AvgIpc) is 2.76. The first kappa shape index (κ1) is 13.5. The summed E-state index contributed by atoms with van der Waals surface area (Å²) >= 11 is 3.24. The molecule has 1 heterocycles. The Bertz CT molecular complexity index is 600. The second-order valence-corrected chi connectivity index (χ2v) is 4.78. The minimum atomic E-state index is -0.479. The molecule has 100 valence electrons. The number of halogens is 2. The van der Waals surface area contributed by atoms with Crippen LogP contribution in [0.15, 0.2) is 33.3 Å². The molecule has 0 aliphatic rings. The number of aromatic nitrogens is 1. The number of urea groups is 1. The number of hydrogen-bond acceptors (Lipinski definition) is 3. The Kier molecular flexibility index (Phi) is 4.16. The van der Waals surface area contributed by atoms with Crippen LogP contribution in [-0.4, -0.2) is 11.2 Å². The molecule has 0 atom stereocenters. The van der Waals surface area contributed by atoms with Crippen LogP contribution in [0.5, 0.6) is 0 Å². The summed E-state index contributed by atoms with van der Waals surface area (Å²) in [7, 11) is 0. The van der Waals surface area contributed by atoms with Gasteiger partial charge in [0.05, 0.1) is 0 Å². The van der Waals surface area contributed by atoms with Gasteiger partial charge in [-0.25, -0.2) is 9.18 Å². The normalized spacial score (nSPS) is 10.3. The van der Waals surface area contributed by atoms with Gasteiger partial charge in [0.15, 0.2) is 5.82 Å². The highest BCUT2D eigenvalue weighted by molar-refractivity contribution is 9.10. The Balaban J connectivity index is 1.91. The van der Waals surface area contributed by atoms with Crippen LogP contribution >= 0.6 is 15.9 Å². The molecule has 0 aliphatic heterocycles. The van der Waals surface area contributed by atoms with Crippen LogP contribution in [-0.2, 0) is 6.54 Å². The van der Waals surface area contributed by atoms with Crippen LogP contribution in [0.3, 0.4) is 0 Å². The minimum absolute atomic E-state index is 0.0773. The summed E-state index contributed by atoms with van der Waals surface area (Å²) in [5, 5.41) is 8.62. The van der Waals surface area contributed by atoms with Gasteiger partial charge >= 0.3 is 6.03 Å². The van der Waals surface area contributed by atoms with Gasteiger partial charge in [-0.2, -0.15) is 0 Å². The third-order valence-corrected chi connectivity index (χ3v) is 2.81. The molecule has 5 nitrogen and oxygen atoms in total. The van der Waals surface area contributed by atoms with Gasteiger partial charge in [-0.05, 0) is 25.1 Å². The van der Waals surface area contributed by atoms with Crippen LogP contribution in [0, 0.1) is 12.7 Å². The zero-order valence-electron chi connectivity index (χ0n) is 10.0. The molecule has 0 bridgehead atoms. The fraction of sp³-hybridized carbons (Fsp3) is 0.167. The molecular weight excluding hydrogens is 317 g/mol. The Labute approximate surface area is 117 Å². The molecule has 0 saturated heterocycles.